The quantitative estimate of drug-likeness (QED) is 0.697. The van der Waals surface area contributed by atoms with Crippen molar-refractivity contribution in [2.75, 3.05) is 18.1 Å². The number of hydrogen-bond acceptors (Lipinski definition) is 5. The van der Waals surface area contributed by atoms with E-state index in [9.17, 15) is 10.2 Å². The number of aliphatic hydroxyl groups is 2. The van der Waals surface area contributed by atoms with Crippen LogP contribution in [0.5, 0.6) is 0 Å². The molecule has 2 atom stereocenters. The Kier molecular flexibility index (Phi) is 7.38. The Bertz CT molecular complexity index is 350. The van der Waals surface area contributed by atoms with E-state index in [0.717, 1.165) is 11.5 Å². The number of rotatable bonds is 6. The Labute approximate surface area is 146 Å². The monoisotopic (exact) mass is 366 g/mol. The maximum atomic E-state index is 11.0. The summed E-state index contributed by atoms with van der Waals surface area (Å²) in [5, 5.41) is 20.9. The second kappa shape index (κ2) is 7.79. The van der Waals surface area contributed by atoms with Gasteiger partial charge in [-0.15, -0.1) is 23.5 Å². The first-order chi connectivity index (χ1) is 9.92. The van der Waals surface area contributed by atoms with E-state index in [4.69, 9.17) is 4.43 Å². The summed E-state index contributed by atoms with van der Waals surface area (Å²) in [6.07, 6.45) is 0.323. The predicted octanol–water partition coefficient (Wildman–Crippen LogP) is 3.95. The van der Waals surface area contributed by atoms with E-state index in [0.29, 0.717) is 0 Å². The number of aliphatic hydroxyl groups excluding tert-OH is 2. The molecule has 0 amide bonds. The Morgan fingerprint density at radius 2 is 1.64 bits per heavy atom. The van der Waals surface area contributed by atoms with Crippen molar-refractivity contribution in [2.24, 2.45) is 5.41 Å². The van der Waals surface area contributed by atoms with Gasteiger partial charge in [0.15, 0.2) is 8.32 Å². The van der Waals surface area contributed by atoms with E-state index in [1.54, 1.807) is 0 Å². The summed E-state index contributed by atoms with van der Waals surface area (Å²) in [6.45, 7) is 15.0. The fourth-order valence-electron chi connectivity index (χ4n) is 2.12. The number of thioether (sulfide) groups is 2. The average molecular weight is 367 g/mol. The van der Waals surface area contributed by atoms with Gasteiger partial charge in [0.25, 0.3) is 0 Å². The topological polar surface area (TPSA) is 49.7 Å². The molecule has 1 rings (SSSR count). The normalized spacial score (nSPS) is 21.7. The Balaban J connectivity index is 2.98. The third-order valence-electron chi connectivity index (χ3n) is 4.85. The maximum Gasteiger partial charge on any atom is 0.192 e. The van der Waals surface area contributed by atoms with Gasteiger partial charge < -0.3 is 14.6 Å². The van der Waals surface area contributed by atoms with E-state index in [1.165, 1.54) is 6.42 Å². The molecule has 0 unspecified atom stereocenters. The van der Waals surface area contributed by atoms with Crippen LogP contribution in [0.4, 0.5) is 0 Å². The molecule has 0 radical (unpaired) electrons. The van der Waals surface area contributed by atoms with Crippen LogP contribution >= 0.6 is 23.5 Å². The summed E-state index contributed by atoms with van der Waals surface area (Å²) < 4.78 is 6.72. The molecule has 3 nitrogen and oxygen atoms in total. The first-order valence-electron chi connectivity index (χ1n) is 8.12. The lowest BCUT2D eigenvalue weighted by molar-refractivity contribution is -0.0558. The summed E-state index contributed by atoms with van der Waals surface area (Å²) in [7, 11) is -2.01. The summed E-state index contributed by atoms with van der Waals surface area (Å²) >= 11 is 3.65. The van der Waals surface area contributed by atoms with Crippen LogP contribution in [0.15, 0.2) is 0 Å². The van der Waals surface area contributed by atoms with Crippen molar-refractivity contribution in [2.45, 2.75) is 76.0 Å². The van der Waals surface area contributed by atoms with Crippen LogP contribution in [0, 0.1) is 5.41 Å². The van der Waals surface area contributed by atoms with E-state index >= 15 is 0 Å². The molecule has 2 N–H and O–H groups in total. The zero-order valence-electron chi connectivity index (χ0n) is 15.2. The van der Waals surface area contributed by atoms with Crippen molar-refractivity contribution in [3.8, 4) is 0 Å². The summed E-state index contributed by atoms with van der Waals surface area (Å²) in [5.41, 5.74) is -0.451. The van der Waals surface area contributed by atoms with Gasteiger partial charge in [0, 0.05) is 5.41 Å². The summed E-state index contributed by atoms with van der Waals surface area (Å²) in [5.74, 6) is 2.20. The largest absolute Gasteiger partial charge is 0.411 e. The van der Waals surface area contributed by atoms with Crippen LogP contribution in [0.3, 0.4) is 0 Å². The minimum atomic E-state index is -2.01. The van der Waals surface area contributed by atoms with Crippen molar-refractivity contribution >= 4 is 31.8 Å². The predicted molar refractivity (Wildman–Crippen MR) is 102 cm³/mol. The molecule has 22 heavy (non-hydrogen) atoms. The van der Waals surface area contributed by atoms with Gasteiger partial charge in [-0.2, -0.15) is 0 Å². The first kappa shape index (κ1) is 20.8. The van der Waals surface area contributed by atoms with Gasteiger partial charge in [0.05, 0.1) is 17.3 Å². The highest BCUT2D eigenvalue weighted by atomic mass is 32.2. The van der Waals surface area contributed by atoms with Crippen LogP contribution in [0.1, 0.15) is 41.0 Å². The molecule has 6 heteroatoms. The van der Waals surface area contributed by atoms with Crippen LogP contribution in [-0.4, -0.2) is 53.4 Å². The minimum Gasteiger partial charge on any atom is -0.411 e. The zero-order chi connectivity index (χ0) is 17.2. The molecular weight excluding hydrogens is 332 g/mol. The van der Waals surface area contributed by atoms with Crippen LogP contribution in [0.25, 0.3) is 0 Å². The molecule has 0 spiro atoms. The van der Waals surface area contributed by atoms with E-state index in [1.807, 2.05) is 37.4 Å². The van der Waals surface area contributed by atoms with Gasteiger partial charge in [-0.3, -0.25) is 0 Å². The molecule has 0 aromatic heterocycles. The van der Waals surface area contributed by atoms with Gasteiger partial charge in [-0.1, -0.05) is 34.6 Å². The van der Waals surface area contributed by atoms with E-state index < -0.39 is 19.8 Å². The van der Waals surface area contributed by atoms with Gasteiger partial charge in [0.2, 0.25) is 0 Å². The minimum absolute atomic E-state index is 0.0192. The SMILES string of the molecule is CC(C)(CO)[C@@H](O[Si](C)(C)C(C)(C)C)[C@H](O)C1SCCCS1. The molecule has 132 valence electrons. The van der Waals surface area contributed by atoms with E-state index in [2.05, 4.69) is 33.9 Å². The summed E-state index contributed by atoms with van der Waals surface area (Å²) in [6, 6.07) is 0. The lowest BCUT2D eigenvalue weighted by Crippen LogP contribution is -2.55. The molecule has 1 saturated heterocycles. The lowest BCUT2D eigenvalue weighted by atomic mass is 9.85. The molecule has 0 bridgehead atoms. The third kappa shape index (κ3) is 5.15. The highest BCUT2D eigenvalue weighted by molar-refractivity contribution is 8.17. The Hall–Kier alpha value is 0.797. The van der Waals surface area contributed by atoms with Gasteiger partial charge in [-0.05, 0) is 36.1 Å². The number of hydrogen-bond donors (Lipinski definition) is 2. The second-order valence-corrected chi connectivity index (χ2v) is 16.0. The van der Waals surface area contributed by atoms with E-state index in [-0.39, 0.29) is 22.3 Å². The average Bonchev–Trinajstić information content (AvgIpc) is 2.43. The van der Waals surface area contributed by atoms with Gasteiger partial charge in [0.1, 0.15) is 6.10 Å². The Morgan fingerprint density at radius 3 is 2.05 bits per heavy atom. The fraction of sp³-hybridized carbons (Fsp3) is 1.00. The second-order valence-electron chi connectivity index (χ2n) is 8.40. The standard InChI is InChI=1S/C16H34O3S2Si/c1-15(2,3)22(6,7)19-13(16(4,5)11-17)12(18)14-20-9-8-10-21-14/h12-14,17-18H,8-11H2,1-7H3/t12-,13-/m0/s1. The smallest absolute Gasteiger partial charge is 0.192 e. The van der Waals surface area contributed by atoms with Crippen LogP contribution in [0.2, 0.25) is 18.1 Å². The third-order valence-corrected chi connectivity index (χ3v) is 12.4. The highest BCUT2D eigenvalue weighted by Crippen LogP contribution is 2.43. The lowest BCUT2D eigenvalue weighted by Gasteiger charge is -2.46. The molecule has 1 aliphatic heterocycles. The van der Waals surface area contributed by atoms with Crippen molar-refractivity contribution in [3.05, 3.63) is 0 Å². The van der Waals surface area contributed by atoms with Crippen LogP contribution in [-0.2, 0) is 4.43 Å². The summed E-state index contributed by atoms with van der Waals surface area (Å²) in [4.78, 5) is 0. The molecule has 0 aromatic carbocycles. The van der Waals surface area contributed by atoms with Crippen LogP contribution < -0.4 is 0 Å². The molecule has 0 saturated carbocycles. The fourth-order valence-corrected chi connectivity index (χ4v) is 6.48. The van der Waals surface area contributed by atoms with Crippen molar-refractivity contribution < 1.29 is 14.6 Å². The molecule has 1 aliphatic rings. The van der Waals surface area contributed by atoms with Crippen molar-refractivity contribution in [3.63, 3.8) is 0 Å². The zero-order valence-corrected chi connectivity index (χ0v) is 17.8. The highest BCUT2D eigenvalue weighted by Gasteiger charge is 2.47. The van der Waals surface area contributed by atoms with Crippen molar-refractivity contribution in [1.82, 2.24) is 0 Å². The molecule has 1 heterocycles. The van der Waals surface area contributed by atoms with Gasteiger partial charge in [-0.25, -0.2) is 0 Å². The van der Waals surface area contributed by atoms with Crippen molar-refractivity contribution in [1.29, 1.82) is 0 Å². The molecular formula is C16H34O3S2Si. The van der Waals surface area contributed by atoms with Gasteiger partial charge >= 0.3 is 0 Å². The molecule has 1 fully saturated rings. The first-order valence-corrected chi connectivity index (χ1v) is 13.1. The molecule has 0 aromatic rings. The maximum absolute atomic E-state index is 11.0. The Morgan fingerprint density at radius 1 is 1.14 bits per heavy atom. The molecule has 0 aliphatic carbocycles.